The Labute approximate surface area is 117 Å². The van der Waals surface area contributed by atoms with Crippen LogP contribution < -0.4 is 11.1 Å². The van der Waals surface area contributed by atoms with Gasteiger partial charge in [-0.15, -0.1) is 11.3 Å². The van der Waals surface area contributed by atoms with Crippen LogP contribution in [0.25, 0.3) is 10.2 Å². The zero-order valence-electron chi connectivity index (χ0n) is 11.4. The third kappa shape index (κ3) is 2.67. The first-order valence-electron chi connectivity index (χ1n) is 6.73. The number of aromatic nitrogens is 1. The number of benzene rings is 1. The van der Waals surface area contributed by atoms with Gasteiger partial charge in [-0.2, -0.15) is 0 Å². The average Bonchev–Trinajstić information content (AvgIpc) is 2.72. The molecule has 0 atom stereocenters. The molecule has 0 radical (unpaired) electrons. The smallest absolute Gasteiger partial charge is 0.0907 e. The largest absolute Gasteiger partial charge is 0.397 e. The number of hydrogen-bond donors (Lipinski definition) is 2. The molecule has 3 N–H and O–H groups in total. The van der Waals surface area contributed by atoms with E-state index < -0.39 is 0 Å². The molecule has 1 aromatic heterocycles. The molecule has 0 saturated carbocycles. The molecule has 1 aromatic carbocycles. The lowest BCUT2D eigenvalue weighted by atomic mass is 10.0. The molecule has 0 unspecified atom stereocenters. The molecule has 0 bridgehead atoms. The number of likely N-dealkylation sites (tertiary alicyclic amines) is 1. The highest BCUT2D eigenvalue weighted by atomic mass is 32.1. The van der Waals surface area contributed by atoms with Gasteiger partial charge in [-0.05, 0) is 52.0 Å². The normalized spacial score (nSPS) is 18.0. The number of nitrogens with two attached hydrogens (primary N) is 1. The van der Waals surface area contributed by atoms with Crippen molar-refractivity contribution in [1.82, 2.24) is 9.88 Å². The Morgan fingerprint density at radius 3 is 2.84 bits per heavy atom. The summed E-state index contributed by atoms with van der Waals surface area (Å²) in [6.45, 7) is 4.33. The van der Waals surface area contributed by atoms with Crippen LogP contribution in [-0.4, -0.2) is 36.1 Å². The lowest BCUT2D eigenvalue weighted by Gasteiger charge is -2.30. The molecular formula is C14H20N4S. The van der Waals surface area contributed by atoms with E-state index in [1.807, 2.05) is 13.0 Å². The lowest BCUT2D eigenvalue weighted by Crippen LogP contribution is -2.36. The summed E-state index contributed by atoms with van der Waals surface area (Å²) in [5, 5.41) is 4.67. The monoisotopic (exact) mass is 276 g/mol. The number of aryl methyl sites for hydroxylation is 1. The predicted molar refractivity (Wildman–Crippen MR) is 82.9 cm³/mol. The molecule has 0 aliphatic carbocycles. The maximum Gasteiger partial charge on any atom is 0.0907 e. The molecule has 3 rings (SSSR count). The lowest BCUT2D eigenvalue weighted by molar-refractivity contribution is 0.264. The van der Waals surface area contributed by atoms with Crippen LogP contribution in [0.5, 0.6) is 0 Å². The molecule has 19 heavy (non-hydrogen) atoms. The van der Waals surface area contributed by atoms with Crippen LogP contribution in [0.3, 0.4) is 0 Å². The zero-order valence-corrected chi connectivity index (χ0v) is 12.3. The maximum atomic E-state index is 6.15. The number of hydrogen-bond acceptors (Lipinski definition) is 5. The van der Waals surface area contributed by atoms with Crippen molar-refractivity contribution in [3.05, 3.63) is 17.1 Å². The fourth-order valence-corrected chi connectivity index (χ4v) is 3.46. The Balaban J connectivity index is 1.82. The van der Waals surface area contributed by atoms with E-state index in [-0.39, 0.29) is 0 Å². The van der Waals surface area contributed by atoms with Crippen LogP contribution in [0, 0.1) is 6.92 Å². The standard InChI is InChI=1S/C14H20N4S/c1-9-16-13-8-12(11(15)7-14(13)19-9)17-10-3-5-18(2)6-4-10/h7-8,10,17H,3-6,15H2,1-2H3. The number of nitrogen functional groups attached to an aromatic ring is 1. The number of fused-ring (bicyclic) bond motifs is 1. The SMILES string of the molecule is Cc1nc2cc(NC3CCN(C)CC3)c(N)cc2s1. The summed E-state index contributed by atoms with van der Waals surface area (Å²) >= 11 is 1.70. The van der Waals surface area contributed by atoms with Gasteiger partial charge in [0.1, 0.15) is 0 Å². The van der Waals surface area contributed by atoms with Crippen molar-refractivity contribution in [2.24, 2.45) is 0 Å². The minimum absolute atomic E-state index is 0.524. The van der Waals surface area contributed by atoms with E-state index in [1.54, 1.807) is 11.3 Å². The highest BCUT2D eigenvalue weighted by Crippen LogP contribution is 2.30. The van der Waals surface area contributed by atoms with Gasteiger partial charge in [0.25, 0.3) is 0 Å². The second kappa shape index (κ2) is 4.98. The van der Waals surface area contributed by atoms with Crippen LogP contribution in [0.15, 0.2) is 12.1 Å². The van der Waals surface area contributed by atoms with E-state index in [0.29, 0.717) is 6.04 Å². The quantitative estimate of drug-likeness (QED) is 0.828. The van der Waals surface area contributed by atoms with Crippen molar-refractivity contribution in [2.45, 2.75) is 25.8 Å². The fourth-order valence-electron chi connectivity index (χ4n) is 2.60. The van der Waals surface area contributed by atoms with E-state index in [9.17, 15) is 0 Å². The molecule has 0 spiro atoms. The summed E-state index contributed by atoms with van der Waals surface area (Å²) in [6.07, 6.45) is 2.34. The first-order chi connectivity index (χ1) is 9.11. The second-order valence-corrected chi connectivity index (χ2v) is 6.60. The summed E-state index contributed by atoms with van der Waals surface area (Å²) in [7, 11) is 2.18. The molecule has 2 aromatic rings. The van der Waals surface area contributed by atoms with Crippen molar-refractivity contribution >= 4 is 32.9 Å². The Morgan fingerprint density at radius 2 is 2.11 bits per heavy atom. The molecular weight excluding hydrogens is 256 g/mol. The number of anilines is 2. The topological polar surface area (TPSA) is 54.2 Å². The molecule has 1 aliphatic rings. The van der Waals surface area contributed by atoms with Gasteiger partial charge in [-0.3, -0.25) is 0 Å². The van der Waals surface area contributed by atoms with E-state index in [0.717, 1.165) is 35.0 Å². The van der Waals surface area contributed by atoms with Crippen LogP contribution >= 0.6 is 11.3 Å². The molecule has 102 valence electrons. The summed E-state index contributed by atoms with van der Waals surface area (Å²) in [4.78, 5) is 6.90. The molecule has 1 saturated heterocycles. The highest BCUT2D eigenvalue weighted by molar-refractivity contribution is 7.18. The van der Waals surface area contributed by atoms with Gasteiger partial charge >= 0.3 is 0 Å². The van der Waals surface area contributed by atoms with Gasteiger partial charge in [-0.1, -0.05) is 0 Å². The van der Waals surface area contributed by atoms with Crippen molar-refractivity contribution in [3.8, 4) is 0 Å². The van der Waals surface area contributed by atoms with Gasteiger partial charge < -0.3 is 16.0 Å². The summed E-state index contributed by atoms with van der Waals surface area (Å²) in [5.74, 6) is 0. The molecule has 1 aliphatic heterocycles. The van der Waals surface area contributed by atoms with Gasteiger partial charge in [0.05, 0.1) is 26.6 Å². The van der Waals surface area contributed by atoms with Gasteiger partial charge in [0, 0.05) is 6.04 Å². The Kier molecular flexibility index (Phi) is 3.33. The Hall–Kier alpha value is -1.33. The van der Waals surface area contributed by atoms with E-state index in [4.69, 9.17) is 5.73 Å². The van der Waals surface area contributed by atoms with Crippen LogP contribution in [0.4, 0.5) is 11.4 Å². The molecule has 4 nitrogen and oxygen atoms in total. The number of thiazole rings is 1. The third-order valence-electron chi connectivity index (χ3n) is 3.74. The molecule has 0 amide bonds. The predicted octanol–water partition coefficient (Wildman–Crippen LogP) is 2.69. The molecule has 2 heterocycles. The van der Waals surface area contributed by atoms with Crippen LogP contribution in [0.2, 0.25) is 0 Å². The number of nitrogens with zero attached hydrogens (tertiary/aromatic N) is 2. The van der Waals surface area contributed by atoms with E-state index in [2.05, 4.69) is 28.3 Å². The number of nitrogens with one attached hydrogen (secondary N) is 1. The second-order valence-electron chi connectivity index (χ2n) is 5.36. The van der Waals surface area contributed by atoms with Gasteiger partial charge in [0.2, 0.25) is 0 Å². The molecule has 1 fully saturated rings. The van der Waals surface area contributed by atoms with Crippen LogP contribution in [-0.2, 0) is 0 Å². The first kappa shape index (κ1) is 12.7. The average molecular weight is 276 g/mol. The van der Waals surface area contributed by atoms with Crippen molar-refractivity contribution < 1.29 is 0 Å². The van der Waals surface area contributed by atoms with Crippen molar-refractivity contribution in [3.63, 3.8) is 0 Å². The highest BCUT2D eigenvalue weighted by Gasteiger charge is 2.17. The van der Waals surface area contributed by atoms with Gasteiger partial charge in [-0.25, -0.2) is 4.98 Å². The number of rotatable bonds is 2. The zero-order chi connectivity index (χ0) is 13.4. The summed E-state index contributed by atoms with van der Waals surface area (Å²) in [5.41, 5.74) is 9.06. The Bertz CT molecular complexity index is 584. The number of piperidine rings is 1. The summed E-state index contributed by atoms with van der Waals surface area (Å²) in [6, 6.07) is 4.65. The fraction of sp³-hybridized carbons (Fsp3) is 0.500. The minimum Gasteiger partial charge on any atom is -0.397 e. The first-order valence-corrected chi connectivity index (χ1v) is 7.55. The van der Waals surface area contributed by atoms with Crippen molar-refractivity contribution in [2.75, 3.05) is 31.2 Å². The van der Waals surface area contributed by atoms with E-state index in [1.165, 1.54) is 17.5 Å². The molecule has 5 heteroatoms. The van der Waals surface area contributed by atoms with Crippen molar-refractivity contribution in [1.29, 1.82) is 0 Å². The maximum absolute atomic E-state index is 6.15. The van der Waals surface area contributed by atoms with Gasteiger partial charge in [0.15, 0.2) is 0 Å². The third-order valence-corrected chi connectivity index (χ3v) is 4.68. The Morgan fingerprint density at radius 1 is 1.37 bits per heavy atom. The van der Waals surface area contributed by atoms with Crippen LogP contribution in [0.1, 0.15) is 17.8 Å². The summed E-state index contributed by atoms with van der Waals surface area (Å²) < 4.78 is 1.17. The van der Waals surface area contributed by atoms with E-state index >= 15 is 0 Å². The minimum atomic E-state index is 0.524.